The van der Waals surface area contributed by atoms with Crippen molar-refractivity contribution in [2.45, 2.75) is 20.8 Å². The molecule has 1 aromatic heterocycles. The van der Waals surface area contributed by atoms with Gasteiger partial charge in [0.2, 0.25) is 0 Å². The Morgan fingerprint density at radius 2 is 2.00 bits per heavy atom. The second kappa shape index (κ2) is 3.94. The van der Waals surface area contributed by atoms with Gasteiger partial charge in [-0.15, -0.1) is 0 Å². The number of nitrogens with one attached hydrogen (secondary N) is 1. The lowest BCUT2D eigenvalue weighted by atomic mass is 10.2. The Kier molecular flexibility index (Phi) is 2.90. The maximum absolute atomic E-state index is 11.0. The monoisotopic (exact) mass is 179 g/mol. The van der Waals surface area contributed by atoms with E-state index < -0.39 is 0 Å². The Bertz CT molecular complexity index is 439. The molecule has 0 fully saturated rings. The second-order valence-electron chi connectivity index (χ2n) is 2.53. The van der Waals surface area contributed by atoms with Gasteiger partial charge in [-0.2, -0.15) is 5.16 Å². The lowest BCUT2D eigenvalue weighted by Crippen LogP contribution is -1.96. The van der Waals surface area contributed by atoms with Crippen molar-refractivity contribution in [3.05, 3.63) is 34.1 Å². The number of rotatable bonds is 0. The molecule has 0 unspecified atom stereocenters. The van der Waals surface area contributed by atoms with Gasteiger partial charge in [0.05, 0.1) is 5.39 Å². The van der Waals surface area contributed by atoms with Crippen LogP contribution in [0.2, 0.25) is 0 Å². The number of benzene rings is 1. The van der Waals surface area contributed by atoms with E-state index >= 15 is 0 Å². The smallest absolute Gasteiger partial charge is 0.287 e. The molecule has 70 valence electrons. The number of aromatic amines is 1. The van der Waals surface area contributed by atoms with Crippen molar-refractivity contribution in [2.24, 2.45) is 0 Å². The van der Waals surface area contributed by atoms with E-state index in [4.69, 9.17) is 4.52 Å². The molecule has 3 heteroatoms. The van der Waals surface area contributed by atoms with Crippen LogP contribution in [-0.4, -0.2) is 5.16 Å². The van der Waals surface area contributed by atoms with Gasteiger partial charge in [-0.3, -0.25) is 4.79 Å². The zero-order chi connectivity index (χ0) is 9.84. The van der Waals surface area contributed by atoms with Crippen LogP contribution in [0.5, 0.6) is 0 Å². The third-order valence-corrected chi connectivity index (χ3v) is 1.63. The average molecular weight is 179 g/mol. The van der Waals surface area contributed by atoms with Crippen LogP contribution in [0.1, 0.15) is 19.4 Å². The first-order valence-corrected chi connectivity index (χ1v) is 4.35. The zero-order valence-corrected chi connectivity index (χ0v) is 8.05. The fourth-order valence-electron chi connectivity index (χ4n) is 1.07. The summed E-state index contributed by atoms with van der Waals surface area (Å²) in [4.78, 5) is 11.0. The second-order valence-corrected chi connectivity index (χ2v) is 2.53. The summed E-state index contributed by atoms with van der Waals surface area (Å²) < 4.78 is 4.87. The minimum Gasteiger partial charge on any atom is -0.378 e. The van der Waals surface area contributed by atoms with E-state index in [-0.39, 0.29) is 5.56 Å². The van der Waals surface area contributed by atoms with E-state index in [9.17, 15) is 4.79 Å². The molecule has 0 aliphatic heterocycles. The molecule has 3 nitrogen and oxygen atoms in total. The molecule has 0 aliphatic rings. The highest BCUT2D eigenvalue weighted by Gasteiger charge is 2.00. The van der Waals surface area contributed by atoms with Crippen LogP contribution in [-0.2, 0) is 0 Å². The van der Waals surface area contributed by atoms with Crippen molar-refractivity contribution < 1.29 is 4.52 Å². The van der Waals surface area contributed by atoms with E-state index in [0.717, 1.165) is 5.56 Å². The summed E-state index contributed by atoms with van der Waals surface area (Å²) in [6, 6.07) is 5.49. The van der Waals surface area contributed by atoms with Gasteiger partial charge in [0.1, 0.15) is 0 Å². The maximum atomic E-state index is 11.0. The quantitative estimate of drug-likeness (QED) is 0.675. The highest BCUT2D eigenvalue weighted by Crippen LogP contribution is 2.10. The molecular formula is C10H13NO2. The molecule has 0 amide bonds. The summed E-state index contributed by atoms with van der Waals surface area (Å²) in [5.74, 6) is 0. The van der Waals surface area contributed by atoms with Crippen molar-refractivity contribution >= 4 is 11.0 Å². The van der Waals surface area contributed by atoms with Crippen LogP contribution >= 0.6 is 0 Å². The lowest BCUT2D eigenvalue weighted by molar-refractivity contribution is 0.449. The van der Waals surface area contributed by atoms with Crippen LogP contribution in [0.25, 0.3) is 11.0 Å². The Balaban J connectivity index is 0.000000396. The summed E-state index contributed by atoms with van der Waals surface area (Å²) in [6.07, 6.45) is 0. The average Bonchev–Trinajstić information content (AvgIpc) is 2.52. The van der Waals surface area contributed by atoms with Crippen LogP contribution in [0.4, 0.5) is 0 Å². The molecule has 0 atom stereocenters. The minimum atomic E-state index is -0.163. The SMILES string of the molecule is CC.Cc1ccc2o[nH]c(=O)c2c1. The van der Waals surface area contributed by atoms with Crippen molar-refractivity contribution in [2.75, 3.05) is 0 Å². The van der Waals surface area contributed by atoms with E-state index in [1.54, 1.807) is 12.1 Å². The van der Waals surface area contributed by atoms with E-state index in [0.29, 0.717) is 11.0 Å². The van der Waals surface area contributed by atoms with Crippen LogP contribution in [0, 0.1) is 6.92 Å². The molecular weight excluding hydrogens is 166 g/mol. The number of H-pyrrole nitrogens is 1. The number of hydrogen-bond acceptors (Lipinski definition) is 2. The first-order valence-electron chi connectivity index (χ1n) is 4.35. The summed E-state index contributed by atoms with van der Waals surface area (Å²) in [6.45, 7) is 5.94. The molecule has 1 N–H and O–H groups in total. The molecule has 2 rings (SSSR count). The van der Waals surface area contributed by atoms with Crippen molar-refractivity contribution in [1.29, 1.82) is 0 Å². The number of aromatic nitrogens is 1. The van der Waals surface area contributed by atoms with Crippen molar-refractivity contribution in [3.8, 4) is 0 Å². The number of fused-ring (bicyclic) bond motifs is 1. The van der Waals surface area contributed by atoms with E-state index in [1.807, 2.05) is 26.8 Å². The van der Waals surface area contributed by atoms with Gasteiger partial charge in [0.25, 0.3) is 5.56 Å². The topological polar surface area (TPSA) is 46.0 Å². The van der Waals surface area contributed by atoms with Crippen LogP contribution < -0.4 is 5.56 Å². The predicted molar refractivity (Wildman–Crippen MR) is 52.9 cm³/mol. The van der Waals surface area contributed by atoms with Crippen molar-refractivity contribution in [3.63, 3.8) is 0 Å². The van der Waals surface area contributed by atoms with Gasteiger partial charge < -0.3 is 4.52 Å². The van der Waals surface area contributed by atoms with Gasteiger partial charge in [0.15, 0.2) is 5.58 Å². The van der Waals surface area contributed by atoms with Gasteiger partial charge in [-0.1, -0.05) is 25.5 Å². The van der Waals surface area contributed by atoms with Gasteiger partial charge in [-0.25, -0.2) is 0 Å². The summed E-state index contributed by atoms with van der Waals surface area (Å²) in [7, 11) is 0. The first-order chi connectivity index (χ1) is 6.27. The highest BCUT2D eigenvalue weighted by molar-refractivity contribution is 5.76. The molecule has 0 aliphatic carbocycles. The Hall–Kier alpha value is -1.51. The summed E-state index contributed by atoms with van der Waals surface area (Å²) >= 11 is 0. The van der Waals surface area contributed by atoms with Crippen LogP contribution in [0.15, 0.2) is 27.5 Å². The maximum Gasteiger partial charge on any atom is 0.287 e. The minimum absolute atomic E-state index is 0.163. The molecule has 13 heavy (non-hydrogen) atoms. The normalized spacial score (nSPS) is 9.46. The molecule has 0 saturated heterocycles. The third kappa shape index (κ3) is 1.80. The predicted octanol–water partition coefficient (Wildman–Crippen LogP) is 2.46. The Morgan fingerprint density at radius 3 is 2.69 bits per heavy atom. The molecule has 0 saturated carbocycles. The highest BCUT2D eigenvalue weighted by atomic mass is 16.5. The third-order valence-electron chi connectivity index (χ3n) is 1.63. The van der Waals surface area contributed by atoms with Gasteiger partial charge in [-0.05, 0) is 19.1 Å². The summed E-state index contributed by atoms with van der Waals surface area (Å²) in [5.41, 5.74) is 1.51. The Morgan fingerprint density at radius 1 is 1.31 bits per heavy atom. The number of hydrogen-bond donors (Lipinski definition) is 1. The molecule has 0 bridgehead atoms. The van der Waals surface area contributed by atoms with Crippen molar-refractivity contribution in [1.82, 2.24) is 5.16 Å². The Labute approximate surface area is 76.3 Å². The molecule has 1 aromatic carbocycles. The van der Waals surface area contributed by atoms with E-state index in [1.165, 1.54) is 0 Å². The molecule has 0 spiro atoms. The molecule has 2 aromatic rings. The van der Waals surface area contributed by atoms with Gasteiger partial charge >= 0.3 is 0 Å². The lowest BCUT2D eigenvalue weighted by Gasteiger charge is -1.87. The zero-order valence-electron chi connectivity index (χ0n) is 8.05. The van der Waals surface area contributed by atoms with Gasteiger partial charge in [0, 0.05) is 0 Å². The fraction of sp³-hybridized carbons (Fsp3) is 0.300. The molecule has 1 heterocycles. The van der Waals surface area contributed by atoms with Crippen LogP contribution in [0.3, 0.4) is 0 Å². The number of aryl methyl sites for hydroxylation is 1. The fourth-order valence-corrected chi connectivity index (χ4v) is 1.07. The first kappa shape index (κ1) is 9.58. The summed E-state index contributed by atoms with van der Waals surface area (Å²) in [5, 5.41) is 2.89. The molecule has 0 radical (unpaired) electrons. The van der Waals surface area contributed by atoms with E-state index in [2.05, 4.69) is 5.16 Å². The standard InChI is InChI=1S/C8H7NO2.C2H6/c1-5-2-3-7-6(4-5)8(10)9-11-7;1-2/h2-4H,1H3,(H,9,10);1-2H3. The largest absolute Gasteiger partial charge is 0.378 e.